The van der Waals surface area contributed by atoms with E-state index in [1.165, 1.54) is 0 Å². The van der Waals surface area contributed by atoms with Gasteiger partial charge in [-0.2, -0.15) is 0 Å². The summed E-state index contributed by atoms with van der Waals surface area (Å²) in [6.07, 6.45) is 1.43. The van der Waals surface area contributed by atoms with Crippen LogP contribution in [0, 0.1) is 17.0 Å². The Hall–Kier alpha value is -1.04. The zero-order chi connectivity index (χ0) is 14.1. The first-order chi connectivity index (χ1) is 8.91. The van der Waals surface area contributed by atoms with E-state index >= 15 is 0 Å². The van der Waals surface area contributed by atoms with Crippen LogP contribution < -0.4 is 5.73 Å². The van der Waals surface area contributed by atoms with Crippen molar-refractivity contribution in [3.05, 3.63) is 35.4 Å². The van der Waals surface area contributed by atoms with Crippen LogP contribution in [0.1, 0.15) is 25.3 Å². The van der Waals surface area contributed by atoms with Crippen LogP contribution in [0.25, 0.3) is 0 Å². The van der Waals surface area contributed by atoms with Crippen LogP contribution in [0.2, 0.25) is 0 Å². The molecule has 0 aliphatic carbocycles. The molecule has 2 atom stereocenters. The van der Waals surface area contributed by atoms with E-state index in [9.17, 15) is 13.9 Å². The second-order valence-corrected chi connectivity index (χ2v) is 5.37. The Bertz CT molecular complexity index is 437. The Morgan fingerprint density at radius 2 is 2.00 bits per heavy atom. The van der Waals surface area contributed by atoms with Crippen LogP contribution in [-0.2, 0) is 10.3 Å². The lowest BCUT2D eigenvalue weighted by molar-refractivity contribution is -0.139. The molecule has 1 saturated heterocycles. The van der Waals surface area contributed by atoms with Gasteiger partial charge in [-0.05, 0) is 37.5 Å². The molecule has 1 aliphatic rings. The zero-order valence-corrected chi connectivity index (χ0v) is 11.0. The van der Waals surface area contributed by atoms with Crippen LogP contribution in [0.4, 0.5) is 8.78 Å². The SMILES string of the molecule is CC(O)(c1cc(F)cc(F)c1)C1(CN)CCCOC1. The lowest BCUT2D eigenvalue weighted by Crippen LogP contribution is -2.53. The molecule has 2 unspecified atom stereocenters. The number of ether oxygens (including phenoxy) is 1. The zero-order valence-electron chi connectivity index (χ0n) is 11.0. The van der Waals surface area contributed by atoms with Crippen molar-refractivity contribution in [2.24, 2.45) is 11.1 Å². The van der Waals surface area contributed by atoms with Crippen LogP contribution in [0.3, 0.4) is 0 Å². The molecule has 1 aliphatic heterocycles. The normalized spacial score (nSPS) is 27.0. The van der Waals surface area contributed by atoms with Crippen molar-refractivity contribution >= 4 is 0 Å². The van der Waals surface area contributed by atoms with Gasteiger partial charge in [-0.15, -0.1) is 0 Å². The minimum absolute atomic E-state index is 0.193. The number of aliphatic hydroxyl groups is 1. The maximum Gasteiger partial charge on any atom is 0.126 e. The summed E-state index contributed by atoms with van der Waals surface area (Å²) in [5, 5.41) is 10.8. The second-order valence-electron chi connectivity index (χ2n) is 5.37. The molecule has 3 nitrogen and oxygen atoms in total. The van der Waals surface area contributed by atoms with Gasteiger partial charge in [0, 0.05) is 24.6 Å². The van der Waals surface area contributed by atoms with E-state index in [0.29, 0.717) is 13.0 Å². The fraction of sp³-hybridized carbons (Fsp3) is 0.571. The van der Waals surface area contributed by atoms with Gasteiger partial charge in [0.1, 0.15) is 11.6 Å². The minimum atomic E-state index is -1.44. The third-order valence-electron chi connectivity index (χ3n) is 4.17. The van der Waals surface area contributed by atoms with E-state index < -0.39 is 22.7 Å². The molecule has 0 saturated carbocycles. The summed E-state index contributed by atoms with van der Waals surface area (Å²) in [7, 11) is 0. The molecule has 1 aromatic rings. The first-order valence-electron chi connectivity index (χ1n) is 6.38. The Labute approximate surface area is 111 Å². The molecule has 0 spiro atoms. The molecule has 0 radical (unpaired) electrons. The van der Waals surface area contributed by atoms with Gasteiger partial charge in [-0.3, -0.25) is 0 Å². The van der Waals surface area contributed by atoms with Gasteiger partial charge >= 0.3 is 0 Å². The van der Waals surface area contributed by atoms with Gasteiger partial charge in [0.25, 0.3) is 0 Å². The number of hydrogen-bond donors (Lipinski definition) is 2. The highest BCUT2D eigenvalue weighted by Gasteiger charge is 2.48. The first-order valence-corrected chi connectivity index (χ1v) is 6.38. The van der Waals surface area contributed by atoms with Crippen molar-refractivity contribution in [2.45, 2.75) is 25.4 Å². The predicted molar refractivity (Wildman–Crippen MR) is 67.5 cm³/mol. The van der Waals surface area contributed by atoms with Crippen molar-refractivity contribution in [1.29, 1.82) is 0 Å². The number of rotatable bonds is 3. The molecule has 1 heterocycles. The molecule has 3 N–H and O–H groups in total. The van der Waals surface area contributed by atoms with Gasteiger partial charge in [0.05, 0.1) is 12.2 Å². The van der Waals surface area contributed by atoms with Crippen molar-refractivity contribution in [3.8, 4) is 0 Å². The first kappa shape index (κ1) is 14.4. The Kier molecular flexibility index (Phi) is 3.90. The summed E-state index contributed by atoms with van der Waals surface area (Å²) in [5.41, 5.74) is 3.85. The summed E-state index contributed by atoms with van der Waals surface area (Å²) in [5.74, 6) is -1.42. The molecule has 19 heavy (non-hydrogen) atoms. The van der Waals surface area contributed by atoms with Crippen LogP contribution in [-0.4, -0.2) is 24.9 Å². The van der Waals surface area contributed by atoms with Gasteiger partial charge in [0.15, 0.2) is 0 Å². The molecule has 106 valence electrons. The van der Waals surface area contributed by atoms with Crippen molar-refractivity contribution in [2.75, 3.05) is 19.8 Å². The summed E-state index contributed by atoms with van der Waals surface area (Å²) in [6, 6.07) is 3.08. The molecule has 1 fully saturated rings. The number of nitrogens with two attached hydrogens (primary N) is 1. The van der Waals surface area contributed by atoms with E-state index in [2.05, 4.69) is 0 Å². The van der Waals surface area contributed by atoms with Gasteiger partial charge < -0.3 is 15.6 Å². The monoisotopic (exact) mass is 271 g/mol. The van der Waals surface area contributed by atoms with Gasteiger partial charge in [-0.1, -0.05) is 0 Å². The molecule has 0 bridgehead atoms. The molecule has 0 amide bonds. The molecule has 5 heteroatoms. The van der Waals surface area contributed by atoms with E-state index in [1.54, 1.807) is 6.92 Å². The number of hydrogen-bond acceptors (Lipinski definition) is 3. The third-order valence-corrected chi connectivity index (χ3v) is 4.17. The Morgan fingerprint density at radius 1 is 1.37 bits per heavy atom. The summed E-state index contributed by atoms with van der Waals surface area (Å²) >= 11 is 0. The smallest absolute Gasteiger partial charge is 0.126 e. The minimum Gasteiger partial charge on any atom is -0.385 e. The average molecular weight is 271 g/mol. The quantitative estimate of drug-likeness (QED) is 0.883. The van der Waals surface area contributed by atoms with E-state index in [-0.39, 0.29) is 18.7 Å². The van der Waals surface area contributed by atoms with Crippen LogP contribution in [0.5, 0.6) is 0 Å². The standard InChI is InChI=1S/C14H19F2NO2/c1-13(18,10-5-11(15)7-12(16)6-10)14(8-17)3-2-4-19-9-14/h5-7,18H,2-4,8-9,17H2,1H3. The Morgan fingerprint density at radius 3 is 2.47 bits per heavy atom. The maximum atomic E-state index is 13.3. The summed E-state index contributed by atoms with van der Waals surface area (Å²) < 4.78 is 32.1. The number of benzene rings is 1. The largest absolute Gasteiger partial charge is 0.385 e. The topological polar surface area (TPSA) is 55.5 Å². The second kappa shape index (κ2) is 5.15. The number of halogens is 2. The maximum absolute atomic E-state index is 13.3. The van der Waals surface area contributed by atoms with Crippen LogP contribution >= 0.6 is 0 Å². The highest BCUT2D eigenvalue weighted by Crippen LogP contribution is 2.45. The molecule has 1 aromatic carbocycles. The van der Waals surface area contributed by atoms with Crippen molar-refractivity contribution < 1.29 is 18.6 Å². The molecule has 2 rings (SSSR count). The van der Waals surface area contributed by atoms with Crippen molar-refractivity contribution in [3.63, 3.8) is 0 Å². The lowest BCUT2D eigenvalue weighted by atomic mass is 9.66. The summed E-state index contributed by atoms with van der Waals surface area (Å²) in [4.78, 5) is 0. The van der Waals surface area contributed by atoms with Gasteiger partial charge in [0.2, 0.25) is 0 Å². The third kappa shape index (κ3) is 2.50. The highest BCUT2D eigenvalue weighted by atomic mass is 19.1. The molecule has 0 aromatic heterocycles. The molecular formula is C14H19F2NO2. The van der Waals surface area contributed by atoms with Gasteiger partial charge in [-0.25, -0.2) is 8.78 Å². The highest BCUT2D eigenvalue weighted by molar-refractivity contribution is 5.27. The van der Waals surface area contributed by atoms with E-state index in [4.69, 9.17) is 10.5 Å². The molecular weight excluding hydrogens is 252 g/mol. The average Bonchev–Trinajstić information content (AvgIpc) is 2.38. The van der Waals surface area contributed by atoms with Crippen LogP contribution in [0.15, 0.2) is 18.2 Å². The van der Waals surface area contributed by atoms with E-state index in [1.807, 2.05) is 0 Å². The lowest BCUT2D eigenvalue weighted by Gasteiger charge is -2.47. The Balaban J connectivity index is 2.43. The fourth-order valence-corrected chi connectivity index (χ4v) is 2.74. The van der Waals surface area contributed by atoms with E-state index in [0.717, 1.165) is 24.6 Å². The van der Waals surface area contributed by atoms with Crippen molar-refractivity contribution in [1.82, 2.24) is 0 Å². The fourth-order valence-electron chi connectivity index (χ4n) is 2.74. The predicted octanol–water partition coefficient (Wildman–Crippen LogP) is 1.93. The summed E-state index contributed by atoms with van der Waals surface area (Å²) in [6.45, 7) is 2.64.